The fourth-order valence-corrected chi connectivity index (χ4v) is 4.01. The maximum atomic E-state index is 5.83. The summed E-state index contributed by atoms with van der Waals surface area (Å²) in [5.74, 6) is 1.06. The quantitative estimate of drug-likeness (QED) is 0.574. The van der Waals surface area contributed by atoms with E-state index < -0.39 is 0 Å². The molecule has 0 aliphatic carbocycles. The number of hydrogen-bond acceptors (Lipinski definition) is 1. The zero-order valence-corrected chi connectivity index (χ0v) is 14.4. The van der Waals surface area contributed by atoms with Crippen molar-refractivity contribution in [2.75, 3.05) is 6.61 Å². The molecule has 106 valence electrons. The minimum absolute atomic E-state index is 0.788. The molecule has 0 saturated heterocycles. The maximum absolute atomic E-state index is 5.83. The standard InChI is InChI=1S/C17H13Br2NO/c18-13-8-11-5-7-21-17(11)12(9-13)10-20-6-4-14-15(19)2-1-3-16(14)20/h1-4,6,8-9H,5,7,10H2. The van der Waals surface area contributed by atoms with E-state index in [1.54, 1.807) is 0 Å². The Morgan fingerprint density at radius 2 is 2.05 bits per heavy atom. The third kappa shape index (κ3) is 2.30. The van der Waals surface area contributed by atoms with Crippen LogP contribution in [0.2, 0.25) is 0 Å². The number of fused-ring (bicyclic) bond motifs is 2. The molecule has 1 aliphatic rings. The predicted molar refractivity (Wildman–Crippen MR) is 92.1 cm³/mol. The lowest BCUT2D eigenvalue weighted by molar-refractivity contribution is 0.353. The molecular weight excluding hydrogens is 394 g/mol. The zero-order valence-electron chi connectivity index (χ0n) is 11.3. The van der Waals surface area contributed by atoms with E-state index in [9.17, 15) is 0 Å². The van der Waals surface area contributed by atoms with Crippen LogP contribution in [-0.2, 0) is 13.0 Å². The van der Waals surface area contributed by atoms with E-state index >= 15 is 0 Å². The van der Waals surface area contributed by atoms with Crippen molar-refractivity contribution in [2.24, 2.45) is 0 Å². The van der Waals surface area contributed by atoms with Crippen LogP contribution >= 0.6 is 31.9 Å². The number of halogens is 2. The highest BCUT2D eigenvalue weighted by molar-refractivity contribution is 9.11. The molecule has 4 heteroatoms. The Kier molecular flexibility index (Phi) is 3.31. The molecule has 2 heterocycles. The van der Waals surface area contributed by atoms with Crippen LogP contribution in [0.1, 0.15) is 11.1 Å². The van der Waals surface area contributed by atoms with Crippen molar-refractivity contribution in [1.29, 1.82) is 0 Å². The predicted octanol–water partition coefficient (Wildman–Crippen LogP) is 5.15. The summed E-state index contributed by atoms with van der Waals surface area (Å²) in [7, 11) is 0. The molecule has 4 rings (SSSR count). The summed E-state index contributed by atoms with van der Waals surface area (Å²) in [4.78, 5) is 0. The highest BCUT2D eigenvalue weighted by Crippen LogP contribution is 2.34. The fourth-order valence-electron chi connectivity index (χ4n) is 2.97. The second-order valence-electron chi connectivity index (χ2n) is 5.27. The molecule has 2 aromatic carbocycles. The van der Waals surface area contributed by atoms with Crippen molar-refractivity contribution < 1.29 is 4.74 Å². The number of nitrogens with zero attached hydrogens (tertiary/aromatic N) is 1. The summed E-state index contributed by atoms with van der Waals surface area (Å²) in [5, 5.41) is 1.24. The average Bonchev–Trinajstić information content (AvgIpc) is 3.07. The number of rotatable bonds is 2. The van der Waals surface area contributed by atoms with Crippen molar-refractivity contribution in [3.8, 4) is 5.75 Å². The summed E-state index contributed by atoms with van der Waals surface area (Å²) < 4.78 is 10.4. The summed E-state index contributed by atoms with van der Waals surface area (Å²) in [6, 6.07) is 12.8. The first-order valence-electron chi connectivity index (χ1n) is 6.90. The Bertz CT molecular complexity index is 838. The van der Waals surface area contributed by atoms with Crippen molar-refractivity contribution in [2.45, 2.75) is 13.0 Å². The van der Waals surface area contributed by atoms with Gasteiger partial charge in [-0.25, -0.2) is 0 Å². The lowest BCUT2D eigenvalue weighted by atomic mass is 10.1. The van der Waals surface area contributed by atoms with Crippen LogP contribution in [0.5, 0.6) is 5.75 Å². The van der Waals surface area contributed by atoms with Gasteiger partial charge in [0.25, 0.3) is 0 Å². The van der Waals surface area contributed by atoms with Crippen LogP contribution < -0.4 is 4.74 Å². The van der Waals surface area contributed by atoms with E-state index in [2.05, 4.69) is 79.0 Å². The lowest BCUT2D eigenvalue weighted by Crippen LogP contribution is -2.00. The van der Waals surface area contributed by atoms with E-state index in [0.717, 1.165) is 34.3 Å². The Labute approximate surface area is 140 Å². The molecule has 0 atom stereocenters. The number of ether oxygens (including phenoxy) is 1. The summed E-state index contributed by atoms with van der Waals surface area (Å²) in [6.45, 7) is 1.61. The van der Waals surface area contributed by atoms with Crippen LogP contribution in [0.15, 0.2) is 51.5 Å². The lowest BCUT2D eigenvalue weighted by Gasteiger charge is -2.11. The molecule has 0 radical (unpaired) electrons. The van der Waals surface area contributed by atoms with Gasteiger partial charge in [-0.2, -0.15) is 0 Å². The van der Waals surface area contributed by atoms with Gasteiger partial charge in [-0.3, -0.25) is 0 Å². The SMILES string of the molecule is Brc1cc2c(c(Cn3ccc4c(Br)cccc43)c1)OCC2. The van der Waals surface area contributed by atoms with E-state index in [1.807, 2.05) is 0 Å². The van der Waals surface area contributed by atoms with Crippen molar-refractivity contribution in [1.82, 2.24) is 4.57 Å². The Morgan fingerprint density at radius 1 is 1.14 bits per heavy atom. The van der Waals surface area contributed by atoms with Gasteiger partial charge in [0.1, 0.15) is 5.75 Å². The third-order valence-electron chi connectivity index (χ3n) is 3.93. The second kappa shape index (κ2) is 5.18. The zero-order chi connectivity index (χ0) is 14.4. The highest BCUT2D eigenvalue weighted by Gasteiger charge is 2.18. The minimum atomic E-state index is 0.788. The van der Waals surface area contributed by atoms with Gasteiger partial charge in [0.05, 0.1) is 13.2 Å². The van der Waals surface area contributed by atoms with Crippen molar-refractivity contribution in [3.63, 3.8) is 0 Å². The van der Waals surface area contributed by atoms with Gasteiger partial charge in [-0.05, 0) is 35.9 Å². The molecule has 0 saturated carbocycles. The molecule has 21 heavy (non-hydrogen) atoms. The van der Waals surface area contributed by atoms with Gasteiger partial charge in [0.2, 0.25) is 0 Å². The highest BCUT2D eigenvalue weighted by atomic mass is 79.9. The first kappa shape index (κ1) is 13.4. The Morgan fingerprint density at radius 3 is 2.95 bits per heavy atom. The molecule has 2 nitrogen and oxygen atoms in total. The summed E-state index contributed by atoms with van der Waals surface area (Å²) >= 11 is 7.22. The van der Waals surface area contributed by atoms with Crippen LogP contribution in [0, 0.1) is 0 Å². The van der Waals surface area contributed by atoms with Gasteiger partial charge in [-0.1, -0.05) is 37.9 Å². The molecule has 0 bridgehead atoms. The van der Waals surface area contributed by atoms with Gasteiger partial charge >= 0.3 is 0 Å². The molecule has 0 amide bonds. The first-order chi connectivity index (χ1) is 10.2. The average molecular weight is 407 g/mol. The topological polar surface area (TPSA) is 14.2 Å². The largest absolute Gasteiger partial charge is 0.493 e. The maximum Gasteiger partial charge on any atom is 0.127 e. The first-order valence-corrected chi connectivity index (χ1v) is 8.48. The van der Waals surface area contributed by atoms with E-state index in [0.29, 0.717) is 0 Å². The number of benzene rings is 2. The second-order valence-corrected chi connectivity index (χ2v) is 7.04. The van der Waals surface area contributed by atoms with Gasteiger partial charge in [-0.15, -0.1) is 0 Å². The molecule has 0 unspecified atom stereocenters. The van der Waals surface area contributed by atoms with Crippen LogP contribution in [0.3, 0.4) is 0 Å². The number of aromatic nitrogens is 1. The smallest absolute Gasteiger partial charge is 0.127 e. The molecule has 0 N–H and O–H groups in total. The summed E-state index contributed by atoms with van der Waals surface area (Å²) in [6.07, 6.45) is 3.14. The minimum Gasteiger partial charge on any atom is -0.493 e. The van der Waals surface area contributed by atoms with Gasteiger partial charge in [0, 0.05) is 38.0 Å². The molecule has 1 aromatic heterocycles. The van der Waals surface area contributed by atoms with E-state index in [4.69, 9.17) is 4.74 Å². The van der Waals surface area contributed by atoms with Crippen molar-refractivity contribution in [3.05, 3.63) is 62.7 Å². The number of hydrogen-bond donors (Lipinski definition) is 0. The molecule has 0 spiro atoms. The van der Waals surface area contributed by atoms with Crippen LogP contribution in [-0.4, -0.2) is 11.2 Å². The monoisotopic (exact) mass is 405 g/mol. The van der Waals surface area contributed by atoms with Crippen LogP contribution in [0.25, 0.3) is 10.9 Å². The molecule has 0 fully saturated rings. The van der Waals surface area contributed by atoms with E-state index in [-0.39, 0.29) is 0 Å². The van der Waals surface area contributed by atoms with Gasteiger partial charge < -0.3 is 9.30 Å². The Hall–Kier alpha value is -1.26. The third-order valence-corrected chi connectivity index (χ3v) is 5.08. The fraction of sp³-hybridized carbons (Fsp3) is 0.176. The van der Waals surface area contributed by atoms with Crippen molar-refractivity contribution >= 4 is 42.8 Å². The molecular formula is C17H13Br2NO. The summed E-state index contributed by atoms with van der Waals surface area (Å²) in [5.41, 5.74) is 3.77. The molecule has 3 aromatic rings. The Balaban J connectivity index is 1.81. The van der Waals surface area contributed by atoms with E-state index in [1.165, 1.54) is 22.0 Å². The van der Waals surface area contributed by atoms with Gasteiger partial charge in [0.15, 0.2) is 0 Å². The normalized spacial score (nSPS) is 13.4. The van der Waals surface area contributed by atoms with Crippen LogP contribution in [0.4, 0.5) is 0 Å². The molecule has 1 aliphatic heterocycles.